The molecular weight excluding hydrogens is 213 g/mol. The molecule has 0 saturated carbocycles. The van der Waals surface area contributed by atoms with Gasteiger partial charge in [0.15, 0.2) is 0 Å². The van der Waals surface area contributed by atoms with Gasteiger partial charge in [-0.2, -0.15) is 0 Å². The van der Waals surface area contributed by atoms with Crippen LogP contribution in [0.1, 0.15) is 32.8 Å². The van der Waals surface area contributed by atoms with Gasteiger partial charge in [-0.25, -0.2) is 4.39 Å². The van der Waals surface area contributed by atoms with Crippen molar-refractivity contribution in [3.05, 3.63) is 35.6 Å². The topological polar surface area (TPSA) is 12.0 Å². The van der Waals surface area contributed by atoms with E-state index in [1.165, 1.54) is 17.7 Å². The highest BCUT2D eigenvalue weighted by atomic mass is 19.1. The van der Waals surface area contributed by atoms with Crippen LogP contribution in [0.3, 0.4) is 0 Å². The summed E-state index contributed by atoms with van der Waals surface area (Å²) < 4.78 is 12.7. The van der Waals surface area contributed by atoms with Crippen LogP contribution in [0.2, 0.25) is 0 Å². The first-order valence-corrected chi connectivity index (χ1v) is 6.53. The van der Waals surface area contributed by atoms with Gasteiger partial charge < -0.3 is 5.32 Å². The first-order valence-electron chi connectivity index (χ1n) is 6.53. The Morgan fingerprint density at radius 1 is 1.06 bits per heavy atom. The van der Waals surface area contributed by atoms with Crippen molar-refractivity contribution in [2.45, 2.75) is 33.6 Å². The van der Waals surface area contributed by atoms with Crippen LogP contribution in [0.5, 0.6) is 0 Å². The molecule has 0 aliphatic heterocycles. The van der Waals surface area contributed by atoms with Crippen molar-refractivity contribution in [3.8, 4) is 0 Å². The third kappa shape index (κ3) is 6.42. The maximum Gasteiger partial charge on any atom is 0.123 e. The first kappa shape index (κ1) is 14.2. The van der Waals surface area contributed by atoms with Crippen LogP contribution in [0.25, 0.3) is 0 Å². The van der Waals surface area contributed by atoms with Crippen molar-refractivity contribution in [2.75, 3.05) is 13.1 Å². The van der Waals surface area contributed by atoms with Crippen molar-refractivity contribution in [1.82, 2.24) is 5.32 Å². The Kier molecular flexibility index (Phi) is 6.20. The molecule has 2 heteroatoms. The number of nitrogens with one attached hydrogen (secondary N) is 1. The minimum absolute atomic E-state index is 0.152. The van der Waals surface area contributed by atoms with Crippen LogP contribution in [-0.2, 0) is 6.42 Å². The van der Waals surface area contributed by atoms with Gasteiger partial charge >= 0.3 is 0 Å². The molecule has 1 nitrogen and oxygen atoms in total. The van der Waals surface area contributed by atoms with E-state index in [0.717, 1.165) is 25.9 Å². The van der Waals surface area contributed by atoms with Gasteiger partial charge in [0, 0.05) is 0 Å². The average Bonchev–Trinajstić information content (AvgIpc) is 2.28. The van der Waals surface area contributed by atoms with Gasteiger partial charge in [-0.05, 0) is 55.5 Å². The van der Waals surface area contributed by atoms with E-state index in [1.54, 1.807) is 0 Å². The van der Waals surface area contributed by atoms with Gasteiger partial charge in [0.05, 0.1) is 0 Å². The predicted octanol–water partition coefficient (Wildman–Crippen LogP) is 3.64. The number of hydrogen-bond donors (Lipinski definition) is 1. The van der Waals surface area contributed by atoms with Gasteiger partial charge in [-0.1, -0.05) is 32.9 Å². The lowest BCUT2D eigenvalue weighted by molar-refractivity contribution is 0.454. The first-order chi connectivity index (χ1) is 8.08. The number of rotatable bonds is 7. The molecule has 1 unspecified atom stereocenters. The zero-order valence-electron chi connectivity index (χ0n) is 11.2. The molecule has 1 N–H and O–H groups in total. The van der Waals surface area contributed by atoms with E-state index >= 15 is 0 Å². The van der Waals surface area contributed by atoms with E-state index in [4.69, 9.17) is 0 Å². The summed E-state index contributed by atoms with van der Waals surface area (Å²) in [6.45, 7) is 8.85. The largest absolute Gasteiger partial charge is 0.316 e. The molecule has 1 aromatic rings. The molecule has 0 aliphatic carbocycles. The number of benzene rings is 1. The second kappa shape index (κ2) is 7.44. The van der Waals surface area contributed by atoms with Crippen molar-refractivity contribution < 1.29 is 4.39 Å². The third-order valence-electron chi connectivity index (χ3n) is 2.88. The molecule has 0 heterocycles. The van der Waals surface area contributed by atoms with Crippen LogP contribution >= 0.6 is 0 Å². The van der Waals surface area contributed by atoms with Crippen molar-refractivity contribution >= 4 is 0 Å². The Labute approximate surface area is 104 Å². The summed E-state index contributed by atoms with van der Waals surface area (Å²) in [5.74, 6) is 1.22. The molecule has 0 bridgehead atoms. The highest BCUT2D eigenvalue weighted by Crippen LogP contribution is 2.10. The van der Waals surface area contributed by atoms with Gasteiger partial charge in [-0.15, -0.1) is 0 Å². The summed E-state index contributed by atoms with van der Waals surface area (Å²) in [5.41, 5.74) is 1.22. The number of aryl methyl sites for hydroxylation is 1. The SMILES string of the molecule is CC(C)CNCC(C)CCc1ccc(F)cc1. The maximum atomic E-state index is 12.7. The second-order valence-electron chi connectivity index (χ2n) is 5.32. The van der Waals surface area contributed by atoms with Crippen LogP contribution in [0.15, 0.2) is 24.3 Å². The van der Waals surface area contributed by atoms with E-state index < -0.39 is 0 Å². The standard InChI is InChI=1S/C15H24FN/c1-12(2)10-17-11-13(3)4-5-14-6-8-15(16)9-7-14/h6-9,12-13,17H,4-5,10-11H2,1-3H3. The summed E-state index contributed by atoms with van der Waals surface area (Å²) in [6, 6.07) is 6.83. The summed E-state index contributed by atoms with van der Waals surface area (Å²) >= 11 is 0. The van der Waals surface area contributed by atoms with Crippen molar-refractivity contribution in [1.29, 1.82) is 0 Å². The van der Waals surface area contributed by atoms with Crippen LogP contribution in [-0.4, -0.2) is 13.1 Å². The van der Waals surface area contributed by atoms with Crippen molar-refractivity contribution in [2.24, 2.45) is 11.8 Å². The van der Waals surface area contributed by atoms with Gasteiger partial charge in [0.25, 0.3) is 0 Å². The highest BCUT2D eigenvalue weighted by Gasteiger charge is 2.03. The smallest absolute Gasteiger partial charge is 0.123 e. The monoisotopic (exact) mass is 237 g/mol. The normalized spacial score (nSPS) is 13.0. The van der Waals surface area contributed by atoms with E-state index in [2.05, 4.69) is 26.1 Å². The quantitative estimate of drug-likeness (QED) is 0.763. The maximum absolute atomic E-state index is 12.7. The average molecular weight is 237 g/mol. The lowest BCUT2D eigenvalue weighted by Gasteiger charge is -2.13. The minimum atomic E-state index is -0.152. The lowest BCUT2D eigenvalue weighted by Crippen LogP contribution is -2.25. The molecule has 0 fully saturated rings. The summed E-state index contributed by atoms with van der Waals surface area (Å²) in [5, 5.41) is 3.47. The highest BCUT2D eigenvalue weighted by molar-refractivity contribution is 5.16. The Morgan fingerprint density at radius 2 is 1.71 bits per heavy atom. The Hall–Kier alpha value is -0.890. The zero-order valence-corrected chi connectivity index (χ0v) is 11.2. The van der Waals surface area contributed by atoms with Gasteiger partial charge in [0.2, 0.25) is 0 Å². The molecular formula is C15H24FN. The molecule has 96 valence electrons. The van der Waals surface area contributed by atoms with Crippen LogP contribution < -0.4 is 5.32 Å². The van der Waals surface area contributed by atoms with Crippen LogP contribution in [0.4, 0.5) is 4.39 Å². The minimum Gasteiger partial charge on any atom is -0.316 e. The fourth-order valence-electron chi connectivity index (χ4n) is 1.78. The van der Waals surface area contributed by atoms with Gasteiger partial charge in [-0.3, -0.25) is 0 Å². The summed E-state index contributed by atoms with van der Waals surface area (Å²) in [7, 11) is 0. The fraction of sp³-hybridized carbons (Fsp3) is 0.600. The molecule has 1 atom stereocenters. The van der Waals surface area contributed by atoms with E-state index in [9.17, 15) is 4.39 Å². The van der Waals surface area contributed by atoms with Crippen LogP contribution in [0, 0.1) is 17.7 Å². The molecule has 0 aliphatic rings. The van der Waals surface area contributed by atoms with E-state index in [1.807, 2.05) is 12.1 Å². The molecule has 0 radical (unpaired) electrons. The lowest BCUT2D eigenvalue weighted by atomic mass is 10.0. The molecule has 17 heavy (non-hydrogen) atoms. The third-order valence-corrected chi connectivity index (χ3v) is 2.88. The molecule has 0 spiro atoms. The molecule has 0 aromatic heterocycles. The zero-order chi connectivity index (χ0) is 12.7. The molecule has 0 amide bonds. The number of halogens is 1. The summed E-state index contributed by atoms with van der Waals surface area (Å²) in [4.78, 5) is 0. The summed E-state index contributed by atoms with van der Waals surface area (Å²) in [6.07, 6.45) is 2.18. The van der Waals surface area contributed by atoms with Gasteiger partial charge in [0.1, 0.15) is 5.82 Å². The Balaban J connectivity index is 2.19. The predicted molar refractivity (Wildman–Crippen MR) is 71.6 cm³/mol. The molecule has 0 saturated heterocycles. The molecule has 1 rings (SSSR count). The van der Waals surface area contributed by atoms with Crippen molar-refractivity contribution in [3.63, 3.8) is 0 Å². The van der Waals surface area contributed by atoms with E-state index in [0.29, 0.717) is 11.8 Å². The molecule has 1 aromatic carbocycles. The second-order valence-corrected chi connectivity index (χ2v) is 5.32. The number of hydrogen-bond acceptors (Lipinski definition) is 1. The Morgan fingerprint density at radius 3 is 2.29 bits per heavy atom. The fourth-order valence-corrected chi connectivity index (χ4v) is 1.78. The Bertz CT molecular complexity index is 305. The van der Waals surface area contributed by atoms with E-state index in [-0.39, 0.29) is 5.82 Å².